The molecule has 0 unspecified atom stereocenters. The zero-order valence-corrected chi connectivity index (χ0v) is 13.7. The quantitative estimate of drug-likeness (QED) is 0.455. The highest BCUT2D eigenvalue weighted by Gasteiger charge is 2.21. The highest BCUT2D eigenvalue weighted by atomic mass is 16.2. The van der Waals surface area contributed by atoms with E-state index in [1.165, 1.54) is 0 Å². The Morgan fingerprint density at radius 2 is 2.05 bits per heavy atom. The van der Waals surface area contributed by atoms with Crippen molar-refractivity contribution in [2.24, 2.45) is 0 Å². The van der Waals surface area contributed by atoms with Crippen molar-refractivity contribution in [3.8, 4) is 6.07 Å². The molecule has 4 nitrogen and oxygen atoms in total. The van der Waals surface area contributed by atoms with Crippen LogP contribution in [0, 0.1) is 11.3 Å². The van der Waals surface area contributed by atoms with Gasteiger partial charge in [0, 0.05) is 25.3 Å². The van der Waals surface area contributed by atoms with E-state index in [4.69, 9.17) is 0 Å². The van der Waals surface area contributed by atoms with Crippen molar-refractivity contribution in [2.75, 3.05) is 6.54 Å². The maximum atomic E-state index is 12.6. The lowest BCUT2D eigenvalue weighted by atomic mass is 10.1. The van der Waals surface area contributed by atoms with Gasteiger partial charge in [-0.25, -0.2) is 0 Å². The zero-order valence-electron chi connectivity index (χ0n) is 13.7. The Morgan fingerprint density at radius 1 is 1.36 bits per heavy atom. The van der Waals surface area contributed by atoms with Gasteiger partial charge in [0.2, 0.25) is 0 Å². The van der Waals surface area contributed by atoms with Crippen LogP contribution in [0.2, 0.25) is 0 Å². The lowest BCUT2D eigenvalue weighted by Crippen LogP contribution is -2.37. The normalized spacial score (nSPS) is 11.1. The summed E-state index contributed by atoms with van der Waals surface area (Å²) in [7, 11) is 0. The predicted octanol–water partition coefficient (Wildman–Crippen LogP) is 3.22. The van der Waals surface area contributed by atoms with Crippen molar-refractivity contribution in [1.29, 1.82) is 5.26 Å². The van der Waals surface area contributed by atoms with E-state index in [1.54, 1.807) is 11.1 Å². The van der Waals surface area contributed by atoms with Gasteiger partial charge in [0.15, 0.2) is 0 Å². The van der Waals surface area contributed by atoms with Gasteiger partial charge in [-0.3, -0.25) is 4.79 Å². The third-order valence-electron chi connectivity index (χ3n) is 3.35. The molecule has 1 N–H and O–H groups in total. The van der Waals surface area contributed by atoms with Crippen molar-refractivity contribution < 1.29 is 4.79 Å². The second kappa shape index (κ2) is 9.62. The average Bonchev–Trinajstić information content (AvgIpc) is 2.53. The number of amides is 1. The predicted molar refractivity (Wildman–Crippen MR) is 88.7 cm³/mol. The molecule has 0 atom stereocenters. The van der Waals surface area contributed by atoms with Gasteiger partial charge in [-0.15, -0.1) is 0 Å². The van der Waals surface area contributed by atoms with Gasteiger partial charge in [-0.05, 0) is 25.8 Å². The van der Waals surface area contributed by atoms with Crippen molar-refractivity contribution in [1.82, 2.24) is 10.2 Å². The second-order valence-electron chi connectivity index (χ2n) is 5.49. The van der Waals surface area contributed by atoms with Gasteiger partial charge in [-0.2, -0.15) is 5.26 Å². The minimum absolute atomic E-state index is 0.0279. The first-order chi connectivity index (χ1) is 10.6. The Hall–Kier alpha value is -2.28. The van der Waals surface area contributed by atoms with Crippen LogP contribution in [0.25, 0.3) is 0 Å². The molecule has 0 heterocycles. The van der Waals surface area contributed by atoms with Crippen LogP contribution >= 0.6 is 0 Å². The van der Waals surface area contributed by atoms with Crippen molar-refractivity contribution >= 4 is 5.91 Å². The van der Waals surface area contributed by atoms with Crippen molar-refractivity contribution in [3.63, 3.8) is 0 Å². The smallest absolute Gasteiger partial charge is 0.266 e. The monoisotopic (exact) mass is 299 g/mol. The number of nitriles is 1. The second-order valence-corrected chi connectivity index (χ2v) is 5.49. The summed E-state index contributed by atoms with van der Waals surface area (Å²) < 4.78 is 0. The summed E-state index contributed by atoms with van der Waals surface area (Å²) in [5.41, 5.74) is 1.21. The van der Waals surface area contributed by atoms with Crippen LogP contribution in [0.1, 0.15) is 39.2 Å². The molecule has 0 fully saturated rings. The summed E-state index contributed by atoms with van der Waals surface area (Å²) in [5, 5.41) is 12.3. The van der Waals surface area contributed by atoms with Gasteiger partial charge in [-0.1, -0.05) is 43.7 Å². The number of nitrogens with zero attached hydrogens (tertiary/aromatic N) is 2. The Balaban J connectivity index is 2.81. The van der Waals surface area contributed by atoms with E-state index in [2.05, 4.69) is 12.2 Å². The van der Waals surface area contributed by atoms with Crippen molar-refractivity contribution in [3.05, 3.63) is 47.7 Å². The molecule has 118 valence electrons. The molecule has 0 aromatic heterocycles. The van der Waals surface area contributed by atoms with Crippen LogP contribution in [0.3, 0.4) is 0 Å². The molecule has 4 heteroatoms. The maximum absolute atomic E-state index is 12.6. The Bertz CT molecular complexity index is 529. The third-order valence-corrected chi connectivity index (χ3v) is 3.35. The minimum atomic E-state index is -0.231. The van der Waals surface area contributed by atoms with Crippen molar-refractivity contribution in [2.45, 2.75) is 46.2 Å². The summed E-state index contributed by atoms with van der Waals surface area (Å²) in [6.45, 7) is 7.30. The number of carbonyl (C=O) groups excluding carboxylic acids is 1. The fourth-order valence-electron chi connectivity index (χ4n) is 2.02. The maximum Gasteiger partial charge on any atom is 0.266 e. The average molecular weight is 299 g/mol. The first kappa shape index (κ1) is 17.8. The van der Waals surface area contributed by atoms with E-state index in [9.17, 15) is 10.1 Å². The van der Waals surface area contributed by atoms with E-state index >= 15 is 0 Å². The molecule has 1 amide bonds. The summed E-state index contributed by atoms with van der Waals surface area (Å²) in [4.78, 5) is 14.3. The van der Waals surface area contributed by atoms with Crippen LogP contribution in [0.4, 0.5) is 0 Å². The van der Waals surface area contributed by atoms with E-state index in [0.29, 0.717) is 6.54 Å². The van der Waals surface area contributed by atoms with Crippen LogP contribution in [0.15, 0.2) is 42.1 Å². The van der Waals surface area contributed by atoms with E-state index in [1.807, 2.05) is 50.2 Å². The summed E-state index contributed by atoms with van der Waals surface area (Å²) >= 11 is 0. The van der Waals surface area contributed by atoms with Gasteiger partial charge in [0.05, 0.1) is 0 Å². The van der Waals surface area contributed by atoms with Crippen LogP contribution in [-0.4, -0.2) is 23.4 Å². The van der Waals surface area contributed by atoms with Crippen LogP contribution < -0.4 is 5.32 Å². The Morgan fingerprint density at radius 3 is 2.59 bits per heavy atom. The van der Waals surface area contributed by atoms with E-state index in [-0.39, 0.29) is 17.5 Å². The topological polar surface area (TPSA) is 56.1 Å². The zero-order chi connectivity index (χ0) is 16.4. The van der Waals surface area contributed by atoms with E-state index < -0.39 is 0 Å². The molecule has 0 aliphatic rings. The lowest BCUT2D eigenvalue weighted by molar-refractivity contribution is -0.129. The Kier molecular flexibility index (Phi) is 7.77. The Labute approximate surface area is 133 Å². The molecule has 1 aromatic carbocycles. The lowest BCUT2D eigenvalue weighted by Gasteiger charge is -2.26. The molecule has 0 saturated carbocycles. The van der Waals surface area contributed by atoms with Crippen LogP contribution in [0.5, 0.6) is 0 Å². The molecular weight excluding hydrogens is 274 g/mol. The molecule has 22 heavy (non-hydrogen) atoms. The standard InChI is InChI=1S/C18H25N3O/c1-4-5-11-20-13-17(12-19)18(22)21(15(2)3)14-16-9-7-6-8-10-16/h6-10,13,15,20H,4-5,11,14H2,1-3H3/b17-13-. The molecule has 1 aromatic rings. The van der Waals surface area contributed by atoms with Gasteiger partial charge >= 0.3 is 0 Å². The number of nitrogens with one attached hydrogen (secondary N) is 1. The fourth-order valence-corrected chi connectivity index (χ4v) is 2.02. The number of carbonyl (C=O) groups is 1. The molecule has 0 aliphatic heterocycles. The molecule has 0 spiro atoms. The largest absolute Gasteiger partial charge is 0.390 e. The summed E-state index contributed by atoms with van der Waals surface area (Å²) in [6.07, 6.45) is 3.63. The summed E-state index contributed by atoms with van der Waals surface area (Å²) in [5.74, 6) is -0.231. The number of hydrogen-bond donors (Lipinski definition) is 1. The number of hydrogen-bond acceptors (Lipinski definition) is 3. The first-order valence-corrected chi connectivity index (χ1v) is 7.78. The molecule has 0 radical (unpaired) electrons. The number of unbranched alkanes of at least 4 members (excludes halogenated alkanes) is 1. The number of benzene rings is 1. The number of rotatable bonds is 8. The highest BCUT2D eigenvalue weighted by Crippen LogP contribution is 2.12. The molecule has 0 bridgehead atoms. The molecule has 1 rings (SSSR count). The van der Waals surface area contributed by atoms with Crippen LogP contribution in [-0.2, 0) is 11.3 Å². The molecule has 0 saturated heterocycles. The van der Waals surface area contributed by atoms with Gasteiger partial charge in [0.1, 0.15) is 11.6 Å². The highest BCUT2D eigenvalue weighted by molar-refractivity contribution is 5.97. The van der Waals surface area contributed by atoms with Gasteiger partial charge < -0.3 is 10.2 Å². The fraction of sp³-hybridized carbons (Fsp3) is 0.444. The SMILES string of the molecule is CCCCN/C=C(/C#N)C(=O)N(Cc1ccccc1)C(C)C. The molecular formula is C18H25N3O. The summed E-state index contributed by atoms with van der Waals surface area (Å²) in [6, 6.07) is 11.9. The molecule has 0 aliphatic carbocycles. The van der Waals surface area contributed by atoms with E-state index in [0.717, 1.165) is 24.9 Å². The first-order valence-electron chi connectivity index (χ1n) is 7.78. The minimum Gasteiger partial charge on any atom is -0.390 e. The van der Waals surface area contributed by atoms with Gasteiger partial charge in [0.25, 0.3) is 5.91 Å². The third kappa shape index (κ3) is 5.61.